The number of esters is 1. The van der Waals surface area contributed by atoms with E-state index in [1.54, 1.807) is 0 Å². The number of halogens is 3. The van der Waals surface area contributed by atoms with Crippen LogP contribution in [-0.4, -0.2) is 27.0 Å². The van der Waals surface area contributed by atoms with Gasteiger partial charge in [0.25, 0.3) is 0 Å². The average Bonchev–Trinajstić information content (AvgIpc) is 2.49. The molecule has 2 aromatic rings. The van der Waals surface area contributed by atoms with Gasteiger partial charge in [0, 0.05) is 11.5 Å². The Morgan fingerprint density at radius 2 is 1.92 bits per heavy atom. The van der Waals surface area contributed by atoms with Gasteiger partial charge in [0.1, 0.15) is 11.3 Å². The van der Waals surface area contributed by atoms with Crippen LogP contribution in [0.5, 0.6) is 5.75 Å². The number of fused-ring (bicyclic) bond motifs is 1. The van der Waals surface area contributed by atoms with Crippen LogP contribution < -0.4 is 9.81 Å². The lowest BCUT2D eigenvalue weighted by atomic mass is 10.0. The molecular weight excluding hydrogens is 369 g/mol. The van der Waals surface area contributed by atoms with Crippen molar-refractivity contribution in [1.29, 1.82) is 0 Å². The van der Waals surface area contributed by atoms with Gasteiger partial charge in [0.15, 0.2) is 0 Å². The molecule has 1 heterocycles. The molecule has 0 N–H and O–H groups in total. The molecule has 2 rings (SSSR count). The number of rotatable bonds is 4. The van der Waals surface area contributed by atoms with Crippen molar-refractivity contribution in [2.75, 3.05) is 7.11 Å². The SMILES string of the molecule is COC(=O)Cc1c(C)c2ccc(OS(=O)(=O)C(F)(F)F)cc2oc1=O. The second-order valence-corrected chi connectivity index (χ2v) is 6.42. The van der Waals surface area contributed by atoms with Gasteiger partial charge in [0.05, 0.1) is 19.1 Å². The lowest BCUT2D eigenvalue weighted by Gasteiger charge is -2.11. The fourth-order valence-corrected chi connectivity index (χ4v) is 2.47. The summed E-state index contributed by atoms with van der Waals surface area (Å²) in [6.45, 7) is 1.50. The molecule has 25 heavy (non-hydrogen) atoms. The van der Waals surface area contributed by atoms with E-state index in [-0.39, 0.29) is 17.6 Å². The standard InChI is InChI=1S/C14H11F3O7S/c1-7-9-4-3-8(24-25(20,21)14(15,16)17)5-11(9)23-13(19)10(7)6-12(18)22-2/h3-5H,6H2,1-2H3. The first-order valence-corrected chi connectivity index (χ1v) is 8.01. The van der Waals surface area contributed by atoms with Crippen LogP contribution in [0, 0.1) is 6.92 Å². The highest BCUT2D eigenvalue weighted by Crippen LogP contribution is 2.29. The minimum absolute atomic E-state index is 0.0240. The Morgan fingerprint density at radius 3 is 2.48 bits per heavy atom. The van der Waals surface area contributed by atoms with E-state index in [2.05, 4.69) is 8.92 Å². The molecule has 11 heteroatoms. The maximum atomic E-state index is 12.3. The molecule has 0 saturated heterocycles. The van der Waals surface area contributed by atoms with E-state index < -0.39 is 33.0 Å². The highest BCUT2D eigenvalue weighted by atomic mass is 32.2. The molecule has 1 aromatic carbocycles. The van der Waals surface area contributed by atoms with Gasteiger partial charge in [-0.25, -0.2) is 4.79 Å². The number of hydrogen-bond donors (Lipinski definition) is 0. The van der Waals surface area contributed by atoms with Crippen molar-refractivity contribution in [1.82, 2.24) is 0 Å². The third kappa shape index (κ3) is 3.76. The van der Waals surface area contributed by atoms with E-state index in [0.29, 0.717) is 10.9 Å². The molecule has 0 bridgehead atoms. The molecule has 0 aliphatic rings. The molecule has 0 fully saturated rings. The summed E-state index contributed by atoms with van der Waals surface area (Å²) < 4.78 is 72.4. The smallest absolute Gasteiger partial charge is 0.469 e. The third-order valence-electron chi connectivity index (χ3n) is 3.30. The zero-order valence-corrected chi connectivity index (χ0v) is 13.7. The number of hydrogen-bond acceptors (Lipinski definition) is 7. The lowest BCUT2D eigenvalue weighted by Crippen LogP contribution is -2.28. The van der Waals surface area contributed by atoms with Crippen molar-refractivity contribution in [3.63, 3.8) is 0 Å². The highest BCUT2D eigenvalue weighted by molar-refractivity contribution is 7.88. The van der Waals surface area contributed by atoms with Crippen molar-refractivity contribution in [2.45, 2.75) is 18.9 Å². The van der Waals surface area contributed by atoms with Gasteiger partial charge in [-0.05, 0) is 24.6 Å². The Kier molecular flexibility index (Phi) is 4.80. The third-order valence-corrected chi connectivity index (χ3v) is 4.28. The first-order chi connectivity index (χ1) is 11.5. The zero-order valence-electron chi connectivity index (χ0n) is 12.8. The molecule has 0 amide bonds. The van der Waals surface area contributed by atoms with Crippen LogP contribution in [-0.2, 0) is 26.1 Å². The first-order valence-electron chi connectivity index (χ1n) is 6.60. The van der Waals surface area contributed by atoms with Crippen molar-refractivity contribution in [3.8, 4) is 5.75 Å². The predicted molar refractivity (Wildman–Crippen MR) is 78.5 cm³/mol. The Hall–Kier alpha value is -2.56. The molecule has 0 saturated carbocycles. The monoisotopic (exact) mass is 380 g/mol. The topological polar surface area (TPSA) is 99.9 Å². The Morgan fingerprint density at radius 1 is 1.28 bits per heavy atom. The largest absolute Gasteiger partial charge is 0.534 e. The summed E-state index contributed by atoms with van der Waals surface area (Å²) in [7, 11) is -4.70. The van der Waals surface area contributed by atoms with E-state index in [0.717, 1.165) is 19.2 Å². The number of benzene rings is 1. The van der Waals surface area contributed by atoms with E-state index in [1.165, 1.54) is 13.0 Å². The minimum Gasteiger partial charge on any atom is -0.469 e. The molecule has 0 aliphatic carbocycles. The number of aryl methyl sites for hydroxylation is 1. The second-order valence-electron chi connectivity index (χ2n) is 4.89. The van der Waals surface area contributed by atoms with Crippen LogP contribution in [0.1, 0.15) is 11.1 Å². The Bertz CT molecular complexity index is 990. The molecule has 0 aliphatic heterocycles. The van der Waals surface area contributed by atoms with E-state index in [9.17, 15) is 31.2 Å². The molecule has 7 nitrogen and oxygen atoms in total. The fourth-order valence-electron chi connectivity index (χ4n) is 2.02. The average molecular weight is 380 g/mol. The second kappa shape index (κ2) is 6.39. The summed E-state index contributed by atoms with van der Waals surface area (Å²) in [6.07, 6.45) is -0.346. The summed E-state index contributed by atoms with van der Waals surface area (Å²) in [4.78, 5) is 23.3. The van der Waals surface area contributed by atoms with Crippen molar-refractivity contribution in [3.05, 3.63) is 39.7 Å². The molecule has 0 unspecified atom stereocenters. The predicted octanol–water partition coefficient (Wildman–Crippen LogP) is 2.05. The molecule has 0 radical (unpaired) electrons. The number of carbonyl (C=O) groups is 1. The minimum atomic E-state index is -5.85. The number of alkyl halides is 3. The number of methoxy groups -OCH3 is 1. The Balaban J connectivity index is 2.51. The quantitative estimate of drug-likeness (QED) is 0.346. The summed E-state index contributed by atoms with van der Waals surface area (Å²) >= 11 is 0. The summed E-state index contributed by atoms with van der Waals surface area (Å²) in [6, 6.07) is 3.03. The van der Waals surface area contributed by atoms with Gasteiger partial charge in [0.2, 0.25) is 0 Å². The van der Waals surface area contributed by atoms with Gasteiger partial charge in [-0.2, -0.15) is 21.6 Å². The summed E-state index contributed by atoms with van der Waals surface area (Å²) in [5, 5.41) is 0.301. The molecule has 1 aromatic heterocycles. The maximum absolute atomic E-state index is 12.3. The normalized spacial score (nSPS) is 12.2. The first kappa shape index (κ1) is 18.8. The molecule has 136 valence electrons. The van der Waals surface area contributed by atoms with Gasteiger partial charge >= 0.3 is 27.2 Å². The Labute approximate surface area is 139 Å². The van der Waals surface area contributed by atoms with Crippen LogP contribution in [0.4, 0.5) is 13.2 Å². The van der Waals surface area contributed by atoms with E-state index in [1.807, 2.05) is 0 Å². The van der Waals surface area contributed by atoms with Crippen molar-refractivity contribution >= 4 is 27.1 Å². The van der Waals surface area contributed by atoms with E-state index >= 15 is 0 Å². The van der Waals surface area contributed by atoms with Gasteiger partial charge in [-0.3, -0.25) is 4.79 Å². The number of ether oxygens (including phenoxy) is 1. The maximum Gasteiger partial charge on any atom is 0.534 e. The molecule has 0 spiro atoms. The van der Waals surface area contributed by atoms with Crippen LogP contribution in [0.2, 0.25) is 0 Å². The summed E-state index contributed by atoms with van der Waals surface area (Å²) in [5.41, 5.74) is -6.31. The van der Waals surface area contributed by atoms with Crippen LogP contribution in [0.25, 0.3) is 11.0 Å². The fraction of sp³-hybridized carbons (Fsp3) is 0.286. The molecule has 0 atom stereocenters. The van der Waals surface area contributed by atoms with Crippen LogP contribution in [0.15, 0.2) is 27.4 Å². The van der Waals surface area contributed by atoms with Crippen LogP contribution >= 0.6 is 0 Å². The van der Waals surface area contributed by atoms with Crippen LogP contribution in [0.3, 0.4) is 0 Å². The summed E-state index contributed by atoms with van der Waals surface area (Å²) in [5.74, 6) is -1.35. The molecular formula is C14H11F3O7S. The van der Waals surface area contributed by atoms with Gasteiger partial charge in [-0.15, -0.1) is 0 Å². The number of carbonyl (C=O) groups excluding carboxylic acids is 1. The lowest BCUT2D eigenvalue weighted by molar-refractivity contribution is -0.139. The van der Waals surface area contributed by atoms with Crippen molar-refractivity contribution in [2.24, 2.45) is 0 Å². The van der Waals surface area contributed by atoms with Gasteiger partial charge < -0.3 is 13.3 Å². The van der Waals surface area contributed by atoms with Crippen molar-refractivity contribution < 1.29 is 39.7 Å². The van der Waals surface area contributed by atoms with E-state index in [4.69, 9.17) is 4.42 Å². The van der Waals surface area contributed by atoms with Gasteiger partial charge in [-0.1, -0.05) is 0 Å². The zero-order chi connectivity index (χ0) is 19.0. The highest BCUT2D eigenvalue weighted by Gasteiger charge is 2.48.